The minimum absolute atomic E-state index is 0.208. The van der Waals surface area contributed by atoms with Gasteiger partial charge in [0.15, 0.2) is 6.61 Å². The second kappa shape index (κ2) is 10.4. The number of aryl methyl sites for hydroxylation is 1. The fourth-order valence-corrected chi connectivity index (χ4v) is 2.37. The first-order chi connectivity index (χ1) is 13.9. The van der Waals surface area contributed by atoms with E-state index in [0.717, 1.165) is 5.56 Å². The van der Waals surface area contributed by atoms with Gasteiger partial charge in [-0.05, 0) is 43.7 Å². The number of ether oxygens (including phenoxy) is 1. The van der Waals surface area contributed by atoms with Crippen molar-refractivity contribution in [1.82, 2.24) is 5.32 Å². The molecule has 0 aliphatic heterocycles. The van der Waals surface area contributed by atoms with Gasteiger partial charge in [-0.2, -0.15) is 5.26 Å². The first-order valence-electron chi connectivity index (χ1n) is 8.96. The molecule has 2 aromatic carbocycles. The SMILES string of the molecule is CCNC(=O)c1cccc(NC(=O)COC(=O)/C(C#N)=C/c2ccc(C)cc2)c1. The lowest BCUT2D eigenvalue weighted by atomic mass is 10.1. The van der Waals surface area contributed by atoms with Crippen LogP contribution in [0.1, 0.15) is 28.4 Å². The van der Waals surface area contributed by atoms with Crippen LogP contribution in [0.25, 0.3) is 6.08 Å². The number of hydrogen-bond donors (Lipinski definition) is 2. The molecule has 29 heavy (non-hydrogen) atoms. The molecule has 0 fully saturated rings. The van der Waals surface area contributed by atoms with E-state index in [1.165, 1.54) is 12.1 Å². The molecular formula is C22H21N3O4. The van der Waals surface area contributed by atoms with Gasteiger partial charge in [-0.25, -0.2) is 4.79 Å². The Morgan fingerprint density at radius 3 is 2.52 bits per heavy atom. The number of nitrogens with zero attached hydrogens (tertiary/aromatic N) is 1. The number of amides is 2. The minimum Gasteiger partial charge on any atom is -0.451 e. The first kappa shape index (κ1) is 21.4. The summed E-state index contributed by atoms with van der Waals surface area (Å²) in [4.78, 5) is 36.0. The topological polar surface area (TPSA) is 108 Å². The molecule has 0 saturated carbocycles. The predicted octanol–water partition coefficient (Wildman–Crippen LogP) is 2.83. The monoisotopic (exact) mass is 391 g/mol. The van der Waals surface area contributed by atoms with Crippen LogP contribution in [0.2, 0.25) is 0 Å². The lowest BCUT2D eigenvalue weighted by Gasteiger charge is -2.08. The van der Waals surface area contributed by atoms with Crippen molar-refractivity contribution in [3.8, 4) is 6.07 Å². The van der Waals surface area contributed by atoms with Gasteiger partial charge in [0.25, 0.3) is 11.8 Å². The quantitative estimate of drug-likeness (QED) is 0.429. The number of nitriles is 1. The average molecular weight is 391 g/mol. The van der Waals surface area contributed by atoms with E-state index in [4.69, 9.17) is 4.74 Å². The minimum atomic E-state index is -0.890. The third-order valence-corrected chi connectivity index (χ3v) is 3.81. The van der Waals surface area contributed by atoms with Crippen LogP contribution >= 0.6 is 0 Å². The summed E-state index contributed by atoms with van der Waals surface area (Å²) in [6.45, 7) is 3.66. The van der Waals surface area contributed by atoms with Crippen LogP contribution in [0.15, 0.2) is 54.1 Å². The number of esters is 1. The van der Waals surface area contributed by atoms with E-state index in [9.17, 15) is 19.6 Å². The fourth-order valence-electron chi connectivity index (χ4n) is 2.37. The van der Waals surface area contributed by atoms with Crippen molar-refractivity contribution < 1.29 is 19.1 Å². The summed E-state index contributed by atoms with van der Waals surface area (Å²) in [5, 5.41) is 14.4. The van der Waals surface area contributed by atoms with Crippen LogP contribution in [0.4, 0.5) is 5.69 Å². The van der Waals surface area contributed by atoms with Gasteiger partial charge >= 0.3 is 5.97 Å². The Kier molecular flexibility index (Phi) is 7.68. The maximum absolute atomic E-state index is 12.1. The van der Waals surface area contributed by atoms with Crippen LogP contribution < -0.4 is 10.6 Å². The lowest BCUT2D eigenvalue weighted by Crippen LogP contribution is -2.23. The van der Waals surface area contributed by atoms with Crippen LogP contribution in [0.3, 0.4) is 0 Å². The molecule has 0 bridgehead atoms. The van der Waals surface area contributed by atoms with E-state index < -0.39 is 18.5 Å². The van der Waals surface area contributed by atoms with E-state index in [1.807, 2.05) is 19.1 Å². The molecule has 0 aliphatic carbocycles. The molecule has 2 amide bonds. The van der Waals surface area contributed by atoms with Crippen molar-refractivity contribution in [2.45, 2.75) is 13.8 Å². The number of anilines is 1. The number of nitrogens with one attached hydrogen (secondary N) is 2. The Hall–Kier alpha value is -3.92. The number of carbonyl (C=O) groups excluding carboxylic acids is 3. The van der Waals surface area contributed by atoms with Gasteiger partial charge in [0, 0.05) is 17.8 Å². The summed E-state index contributed by atoms with van der Waals surface area (Å²) >= 11 is 0. The molecule has 0 atom stereocenters. The molecule has 2 rings (SSSR count). The molecule has 0 radical (unpaired) electrons. The third-order valence-electron chi connectivity index (χ3n) is 3.81. The van der Waals surface area contributed by atoms with Gasteiger partial charge < -0.3 is 15.4 Å². The molecule has 0 saturated heterocycles. The first-order valence-corrected chi connectivity index (χ1v) is 8.96. The van der Waals surface area contributed by atoms with Gasteiger partial charge in [-0.3, -0.25) is 9.59 Å². The highest BCUT2D eigenvalue weighted by atomic mass is 16.5. The van der Waals surface area contributed by atoms with E-state index in [-0.39, 0.29) is 11.5 Å². The predicted molar refractivity (Wildman–Crippen MR) is 109 cm³/mol. The van der Waals surface area contributed by atoms with Crippen molar-refractivity contribution in [2.75, 3.05) is 18.5 Å². The van der Waals surface area contributed by atoms with E-state index >= 15 is 0 Å². The van der Waals surface area contributed by atoms with E-state index in [1.54, 1.807) is 43.3 Å². The van der Waals surface area contributed by atoms with Gasteiger partial charge in [0.1, 0.15) is 11.6 Å². The zero-order valence-corrected chi connectivity index (χ0v) is 16.2. The lowest BCUT2D eigenvalue weighted by molar-refractivity contribution is -0.142. The van der Waals surface area contributed by atoms with Crippen molar-refractivity contribution in [1.29, 1.82) is 5.26 Å². The second-order valence-electron chi connectivity index (χ2n) is 6.15. The second-order valence-corrected chi connectivity index (χ2v) is 6.15. The van der Waals surface area contributed by atoms with Crippen LogP contribution in [-0.4, -0.2) is 30.9 Å². The Bertz CT molecular complexity index is 972. The highest BCUT2D eigenvalue weighted by molar-refractivity contribution is 6.00. The molecular weight excluding hydrogens is 370 g/mol. The number of hydrogen-bond acceptors (Lipinski definition) is 5. The molecule has 2 aromatic rings. The Morgan fingerprint density at radius 1 is 1.14 bits per heavy atom. The summed E-state index contributed by atoms with van der Waals surface area (Å²) in [5.41, 5.74) is 2.31. The standard InChI is InChI=1S/C22H21N3O4/c1-3-24-21(27)17-5-4-6-19(12-17)25-20(26)14-29-22(28)18(13-23)11-16-9-7-15(2)8-10-16/h4-12H,3,14H2,1-2H3,(H,24,27)(H,25,26)/b18-11+. The van der Waals surface area contributed by atoms with Crippen molar-refractivity contribution in [3.63, 3.8) is 0 Å². The summed E-state index contributed by atoms with van der Waals surface area (Å²) in [5.74, 6) is -1.73. The van der Waals surface area contributed by atoms with Gasteiger partial charge in [0.2, 0.25) is 0 Å². The highest BCUT2D eigenvalue weighted by Gasteiger charge is 2.14. The fraction of sp³-hybridized carbons (Fsp3) is 0.182. The molecule has 0 aliphatic rings. The summed E-state index contributed by atoms with van der Waals surface area (Å²) < 4.78 is 4.92. The molecule has 0 aromatic heterocycles. The van der Waals surface area contributed by atoms with Crippen molar-refractivity contribution >= 4 is 29.5 Å². The van der Waals surface area contributed by atoms with Crippen molar-refractivity contribution in [3.05, 3.63) is 70.8 Å². The summed E-state index contributed by atoms with van der Waals surface area (Å²) in [6.07, 6.45) is 1.40. The van der Waals surface area contributed by atoms with Gasteiger partial charge in [0.05, 0.1) is 0 Å². The van der Waals surface area contributed by atoms with E-state index in [2.05, 4.69) is 10.6 Å². The van der Waals surface area contributed by atoms with Crippen molar-refractivity contribution in [2.24, 2.45) is 0 Å². The van der Waals surface area contributed by atoms with Crippen LogP contribution in [-0.2, 0) is 14.3 Å². The molecule has 7 nitrogen and oxygen atoms in total. The maximum Gasteiger partial charge on any atom is 0.349 e. The smallest absolute Gasteiger partial charge is 0.349 e. The third kappa shape index (κ3) is 6.63. The maximum atomic E-state index is 12.1. The largest absolute Gasteiger partial charge is 0.451 e. The van der Waals surface area contributed by atoms with Gasteiger partial charge in [-0.1, -0.05) is 35.9 Å². The number of rotatable bonds is 7. The molecule has 7 heteroatoms. The highest BCUT2D eigenvalue weighted by Crippen LogP contribution is 2.12. The number of carbonyl (C=O) groups is 3. The summed E-state index contributed by atoms with van der Waals surface area (Å²) in [7, 11) is 0. The normalized spacial score (nSPS) is 10.6. The zero-order chi connectivity index (χ0) is 21.2. The Labute approximate surface area is 169 Å². The summed E-state index contributed by atoms with van der Waals surface area (Å²) in [6, 6.07) is 15.4. The molecule has 0 unspecified atom stereocenters. The zero-order valence-electron chi connectivity index (χ0n) is 16.2. The van der Waals surface area contributed by atoms with Crippen LogP contribution in [0.5, 0.6) is 0 Å². The molecule has 148 valence electrons. The molecule has 0 heterocycles. The molecule has 0 spiro atoms. The number of benzene rings is 2. The Balaban J connectivity index is 1.95. The van der Waals surface area contributed by atoms with Crippen LogP contribution in [0, 0.1) is 18.3 Å². The Morgan fingerprint density at radius 2 is 1.86 bits per heavy atom. The van der Waals surface area contributed by atoms with E-state index in [0.29, 0.717) is 23.4 Å². The van der Waals surface area contributed by atoms with Gasteiger partial charge in [-0.15, -0.1) is 0 Å². The average Bonchev–Trinajstić information content (AvgIpc) is 2.72. The molecule has 2 N–H and O–H groups in total.